The SMILES string of the molecule is Cc1nn(-c2ccccc2)c(C)c1C(c1ccccc1)(c1ccccc1)c1ccccc1. The van der Waals surface area contributed by atoms with Gasteiger partial charge in [0, 0.05) is 11.3 Å². The maximum atomic E-state index is 5.04. The Kier molecular flexibility index (Phi) is 5.20. The monoisotopic (exact) mass is 414 g/mol. The third kappa shape index (κ3) is 3.16. The van der Waals surface area contributed by atoms with Gasteiger partial charge in [0.2, 0.25) is 0 Å². The van der Waals surface area contributed by atoms with Crippen molar-refractivity contribution in [2.75, 3.05) is 0 Å². The van der Waals surface area contributed by atoms with Gasteiger partial charge >= 0.3 is 0 Å². The van der Waals surface area contributed by atoms with Gasteiger partial charge in [-0.3, -0.25) is 0 Å². The van der Waals surface area contributed by atoms with Crippen molar-refractivity contribution < 1.29 is 0 Å². The van der Waals surface area contributed by atoms with Crippen LogP contribution in [0, 0.1) is 13.8 Å². The van der Waals surface area contributed by atoms with Crippen molar-refractivity contribution in [2.45, 2.75) is 19.3 Å². The molecule has 32 heavy (non-hydrogen) atoms. The van der Waals surface area contributed by atoms with Crippen LogP contribution in [0.25, 0.3) is 5.69 Å². The Hall–Kier alpha value is -3.91. The van der Waals surface area contributed by atoms with Crippen molar-refractivity contribution >= 4 is 0 Å². The third-order valence-corrected chi connectivity index (χ3v) is 6.29. The summed E-state index contributed by atoms with van der Waals surface area (Å²) < 4.78 is 2.08. The first-order chi connectivity index (χ1) is 15.7. The van der Waals surface area contributed by atoms with E-state index < -0.39 is 5.41 Å². The molecule has 2 heteroatoms. The second-order valence-corrected chi connectivity index (χ2v) is 8.14. The predicted molar refractivity (Wildman–Crippen MR) is 131 cm³/mol. The fraction of sp³-hybridized carbons (Fsp3) is 0.100. The summed E-state index contributed by atoms with van der Waals surface area (Å²) in [7, 11) is 0. The maximum absolute atomic E-state index is 5.04. The van der Waals surface area contributed by atoms with E-state index in [1.165, 1.54) is 22.3 Å². The van der Waals surface area contributed by atoms with Gasteiger partial charge in [0.25, 0.3) is 0 Å². The molecule has 0 fully saturated rings. The van der Waals surface area contributed by atoms with Crippen LogP contribution >= 0.6 is 0 Å². The van der Waals surface area contributed by atoms with Crippen LogP contribution in [0.3, 0.4) is 0 Å². The molecule has 0 bridgehead atoms. The lowest BCUT2D eigenvalue weighted by Crippen LogP contribution is -2.32. The van der Waals surface area contributed by atoms with Gasteiger partial charge in [-0.15, -0.1) is 0 Å². The van der Waals surface area contributed by atoms with Crippen molar-refractivity contribution in [2.24, 2.45) is 0 Å². The first kappa shape index (κ1) is 20.0. The molecule has 1 aromatic heterocycles. The van der Waals surface area contributed by atoms with E-state index in [2.05, 4.69) is 134 Å². The van der Waals surface area contributed by atoms with Gasteiger partial charge < -0.3 is 0 Å². The van der Waals surface area contributed by atoms with Crippen LogP contribution in [-0.2, 0) is 5.41 Å². The molecule has 0 radical (unpaired) electrons. The molecule has 4 aromatic carbocycles. The number of para-hydroxylation sites is 1. The summed E-state index contributed by atoms with van der Waals surface area (Å²) in [6, 6.07) is 42.8. The average molecular weight is 415 g/mol. The lowest BCUT2D eigenvalue weighted by molar-refractivity contribution is 0.730. The minimum absolute atomic E-state index is 0.481. The molecule has 156 valence electrons. The van der Waals surface area contributed by atoms with Crippen LogP contribution in [0.15, 0.2) is 121 Å². The summed E-state index contributed by atoms with van der Waals surface area (Å²) in [5.41, 5.74) is 7.69. The minimum atomic E-state index is -0.481. The Morgan fingerprint density at radius 3 is 1.31 bits per heavy atom. The highest BCUT2D eigenvalue weighted by atomic mass is 15.3. The first-order valence-corrected chi connectivity index (χ1v) is 11.0. The van der Waals surface area contributed by atoms with E-state index in [1.807, 2.05) is 6.07 Å². The van der Waals surface area contributed by atoms with E-state index >= 15 is 0 Å². The second-order valence-electron chi connectivity index (χ2n) is 8.14. The average Bonchev–Trinajstić information content (AvgIpc) is 3.17. The lowest BCUT2D eigenvalue weighted by atomic mass is 9.64. The lowest BCUT2D eigenvalue weighted by Gasteiger charge is -2.37. The van der Waals surface area contributed by atoms with Crippen LogP contribution in [0.1, 0.15) is 33.6 Å². The van der Waals surface area contributed by atoms with Crippen LogP contribution in [0.5, 0.6) is 0 Å². The van der Waals surface area contributed by atoms with Crippen LogP contribution in [-0.4, -0.2) is 9.78 Å². The van der Waals surface area contributed by atoms with E-state index in [0.29, 0.717) is 0 Å². The van der Waals surface area contributed by atoms with Crippen LogP contribution in [0.2, 0.25) is 0 Å². The quantitative estimate of drug-likeness (QED) is 0.287. The van der Waals surface area contributed by atoms with Gasteiger partial charge in [-0.05, 0) is 42.7 Å². The van der Waals surface area contributed by atoms with Crippen molar-refractivity contribution in [3.05, 3.63) is 155 Å². The topological polar surface area (TPSA) is 17.8 Å². The number of benzene rings is 4. The molecule has 0 aliphatic rings. The zero-order valence-electron chi connectivity index (χ0n) is 18.4. The summed E-state index contributed by atoms with van der Waals surface area (Å²) in [4.78, 5) is 0. The van der Waals surface area contributed by atoms with Gasteiger partial charge in [-0.2, -0.15) is 5.10 Å². The molecule has 0 spiro atoms. The molecule has 0 aliphatic carbocycles. The molecule has 1 heterocycles. The fourth-order valence-corrected chi connectivity index (χ4v) is 5.00. The molecule has 0 saturated heterocycles. The molecule has 5 rings (SSSR count). The Bertz CT molecular complexity index is 1210. The molecule has 0 aliphatic heterocycles. The highest BCUT2D eigenvalue weighted by Gasteiger charge is 2.42. The van der Waals surface area contributed by atoms with Gasteiger partial charge in [-0.25, -0.2) is 4.68 Å². The zero-order chi connectivity index (χ0) is 22.0. The van der Waals surface area contributed by atoms with Gasteiger partial charge in [0.15, 0.2) is 0 Å². The predicted octanol–water partition coefficient (Wildman–Crippen LogP) is 6.87. The first-order valence-electron chi connectivity index (χ1n) is 11.0. The Balaban J connectivity index is 1.92. The Morgan fingerprint density at radius 2 is 0.906 bits per heavy atom. The third-order valence-electron chi connectivity index (χ3n) is 6.29. The summed E-state index contributed by atoms with van der Waals surface area (Å²) in [5, 5.41) is 5.04. The van der Waals surface area contributed by atoms with Crippen LogP contribution < -0.4 is 0 Å². The van der Waals surface area contributed by atoms with Crippen molar-refractivity contribution in [1.29, 1.82) is 0 Å². The molecular formula is C30H26N2. The summed E-state index contributed by atoms with van der Waals surface area (Å²) >= 11 is 0. The number of aryl methyl sites for hydroxylation is 1. The fourth-order valence-electron chi connectivity index (χ4n) is 5.00. The number of aromatic nitrogens is 2. The normalized spacial score (nSPS) is 11.4. The van der Waals surface area contributed by atoms with Gasteiger partial charge in [-0.1, -0.05) is 109 Å². The summed E-state index contributed by atoms with van der Waals surface area (Å²) in [5.74, 6) is 0. The largest absolute Gasteiger partial charge is 0.238 e. The number of nitrogens with zero attached hydrogens (tertiary/aromatic N) is 2. The smallest absolute Gasteiger partial charge is 0.0737 e. The molecule has 5 aromatic rings. The Morgan fingerprint density at radius 1 is 0.531 bits per heavy atom. The number of hydrogen-bond donors (Lipinski definition) is 0. The molecule has 2 nitrogen and oxygen atoms in total. The summed E-state index contributed by atoms with van der Waals surface area (Å²) in [6.07, 6.45) is 0. The molecular weight excluding hydrogens is 388 g/mol. The highest BCUT2D eigenvalue weighted by Crippen LogP contribution is 2.47. The molecule has 0 amide bonds. The Labute approximate surface area is 189 Å². The van der Waals surface area contributed by atoms with Crippen LogP contribution in [0.4, 0.5) is 0 Å². The van der Waals surface area contributed by atoms with E-state index in [4.69, 9.17) is 5.10 Å². The van der Waals surface area contributed by atoms with E-state index in [1.54, 1.807) is 0 Å². The van der Waals surface area contributed by atoms with E-state index in [9.17, 15) is 0 Å². The molecule has 0 N–H and O–H groups in total. The summed E-state index contributed by atoms with van der Waals surface area (Å²) in [6.45, 7) is 4.32. The second kappa shape index (κ2) is 8.32. The zero-order valence-corrected chi connectivity index (χ0v) is 18.4. The van der Waals surface area contributed by atoms with Gasteiger partial charge in [0.05, 0.1) is 16.8 Å². The van der Waals surface area contributed by atoms with Crippen molar-refractivity contribution in [1.82, 2.24) is 9.78 Å². The maximum Gasteiger partial charge on any atom is 0.0737 e. The molecule has 0 saturated carbocycles. The number of rotatable bonds is 5. The highest BCUT2D eigenvalue weighted by molar-refractivity contribution is 5.62. The van der Waals surface area contributed by atoms with E-state index in [0.717, 1.165) is 17.1 Å². The molecule has 0 atom stereocenters. The number of hydrogen-bond acceptors (Lipinski definition) is 1. The minimum Gasteiger partial charge on any atom is -0.238 e. The van der Waals surface area contributed by atoms with Gasteiger partial charge in [0.1, 0.15) is 0 Å². The van der Waals surface area contributed by atoms with E-state index in [-0.39, 0.29) is 0 Å². The van der Waals surface area contributed by atoms with Crippen molar-refractivity contribution in [3.63, 3.8) is 0 Å². The van der Waals surface area contributed by atoms with Crippen molar-refractivity contribution in [3.8, 4) is 5.69 Å². The standard InChI is InChI=1S/C30H26N2/c1-23-29(24(2)32(31-23)28-21-13-6-14-22-28)30(25-15-7-3-8-16-25,26-17-9-4-10-18-26)27-19-11-5-12-20-27/h3-22H,1-2H3. The molecule has 0 unspecified atom stereocenters.